The zero-order valence-electron chi connectivity index (χ0n) is 11.1. The number of ether oxygens (including phenoxy) is 1. The second-order valence-corrected chi connectivity index (χ2v) is 6.08. The third kappa shape index (κ3) is 2.23. The monoisotopic (exact) mass is 281 g/mol. The number of amides is 1. The molecular formula is C14H19NO5. The Morgan fingerprint density at radius 2 is 2.00 bits per heavy atom. The van der Waals surface area contributed by atoms with Crippen LogP contribution in [-0.2, 0) is 14.3 Å². The first-order valence-corrected chi connectivity index (χ1v) is 6.99. The Morgan fingerprint density at radius 1 is 1.30 bits per heavy atom. The van der Waals surface area contributed by atoms with E-state index in [-0.39, 0.29) is 30.9 Å². The van der Waals surface area contributed by atoms with E-state index < -0.39 is 23.4 Å². The number of carboxylic acids is 1. The van der Waals surface area contributed by atoms with E-state index >= 15 is 0 Å². The van der Waals surface area contributed by atoms with Crippen molar-refractivity contribution in [2.24, 2.45) is 23.7 Å². The normalized spacial score (nSPS) is 42.0. The van der Waals surface area contributed by atoms with Gasteiger partial charge < -0.3 is 20.3 Å². The maximum absolute atomic E-state index is 12.3. The van der Waals surface area contributed by atoms with Crippen LogP contribution in [0.15, 0.2) is 12.2 Å². The SMILES string of the molecule is O=C(O)C1C2C=CC(C2)C1C(=O)NCC1(O)CCOC1. The summed E-state index contributed by atoms with van der Waals surface area (Å²) in [6, 6.07) is 0. The van der Waals surface area contributed by atoms with Crippen molar-refractivity contribution in [2.75, 3.05) is 19.8 Å². The quantitative estimate of drug-likeness (QED) is 0.619. The lowest BCUT2D eigenvalue weighted by Crippen LogP contribution is -2.47. The predicted molar refractivity (Wildman–Crippen MR) is 68.7 cm³/mol. The summed E-state index contributed by atoms with van der Waals surface area (Å²) in [6.07, 6.45) is 5.09. The molecule has 0 aromatic heterocycles. The summed E-state index contributed by atoms with van der Waals surface area (Å²) >= 11 is 0. The van der Waals surface area contributed by atoms with E-state index in [0.717, 1.165) is 6.42 Å². The highest BCUT2D eigenvalue weighted by Crippen LogP contribution is 2.48. The van der Waals surface area contributed by atoms with Crippen LogP contribution >= 0.6 is 0 Å². The summed E-state index contributed by atoms with van der Waals surface area (Å²) in [7, 11) is 0. The predicted octanol–water partition coefficient (Wildman–Crippen LogP) is -0.223. The largest absolute Gasteiger partial charge is 0.481 e. The molecule has 3 rings (SSSR count). The fourth-order valence-electron chi connectivity index (χ4n) is 3.62. The number of fused-ring (bicyclic) bond motifs is 2. The molecule has 1 amide bonds. The van der Waals surface area contributed by atoms with Crippen molar-refractivity contribution in [3.8, 4) is 0 Å². The summed E-state index contributed by atoms with van der Waals surface area (Å²) < 4.78 is 5.12. The maximum atomic E-state index is 12.3. The van der Waals surface area contributed by atoms with Crippen molar-refractivity contribution in [2.45, 2.75) is 18.4 Å². The number of allylic oxidation sites excluding steroid dienone is 2. The van der Waals surface area contributed by atoms with Crippen LogP contribution in [0.4, 0.5) is 0 Å². The average molecular weight is 281 g/mol. The van der Waals surface area contributed by atoms with Crippen molar-refractivity contribution in [3.63, 3.8) is 0 Å². The lowest BCUT2D eigenvalue weighted by molar-refractivity contribution is -0.148. The Kier molecular flexibility index (Phi) is 3.30. The van der Waals surface area contributed by atoms with Gasteiger partial charge in [-0.05, 0) is 18.3 Å². The lowest BCUT2D eigenvalue weighted by Gasteiger charge is -2.26. The Hall–Kier alpha value is -1.40. The molecule has 2 bridgehead atoms. The van der Waals surface area contributed by atoms with Crippen LogP contribution in [0.5, 0.6) is 0 Å². The van der Waals surface area contributed by atoms with Gasteiger partial charge in [0.15, 0.2) is 0 Å². The smallest absolute Gasteiger partial charge is 0.307 e. The maximum Gasteiger partial charge on any atom is 0.307 e. The molecule has 3 N–H and O–H groups in total. The van der Waals surface area contributed by atoms with Crippen molar-refractivity contribution >= 4 is 11.9 Å². The molecule has 20 heavy (non-hydrogen) atoms. The fraction of sp³-hybridized carbons (Fsp3) is 0.714. The fourth-order valence-corrected chi connectivity index (χ4v) is 3.62. The third-order valence-electron chi connectivity index (χ3n) is 4.72. The lowest BCUT2D eigenvalue weighted by atomic mass is 9.82. The van der Waals surface area contributed by atoms with Crippen molar-refractivity contribution in [3.05, 3.63) is 12.2 Å². The molecule has 110 valence electrons. The van der Waals surface area contributed by atoms with E-state index in [1.165, 1.54) is 0 Å². The average Bonchev–Trinajstić information content (AvgIpc) is 3.10. The van der Waals surface area contributed by atoms with Crippen molar-refractivity contribution < 1.29 is 24.5 Å². The van der Waals surface area contributed by atoms with E-state index in [1.807, 2.05) is 12.2 Å². The minimum Gasteiger partial charge on any atom is -0.481 e. The second kappa shape index (κ2) is 4.86. The molecule has 3 aliphatic rings. The van der Waals surface area contributed by atoms with Crippen LogP contribution in [-0.4, -0.2) is 47.4 Å². The van der Waals surface area contributed by atoms with E-state index in [2.05, 4.69) is 5.32 Å². The first-order valence-electron chi connectivity index (χ1n) is 6.99. The van der Waals surface area contributed by atoms with Crippen LogP contribution in [0.1, 0.15) is 12.8 Å². The molecule has 6 heteroatoms. The standard InChI is InChI=1S/C14H19NO5/c16-12(15-6-14(19)3-4-20-7-14)10-8-1-2-9(5-8)11(10)13(17)18/h1-2,8-11,19H,3-7H2,(H,15,16)(H,17,18). The van der Waals surface area contributed by atoms with Gasteiger partial charge in [0.05, 0.1) is 18.4 Å². The summed E-state index contributed by atoms with van der Waals surface area (Å²) in [5, 5.41) is 22.1. The van der Waals surface area contributed by atoms with Gasteiger partial charge in [-0.1, -0.05) is 12.2 Å². The molecule has 2 aliphatic carbocycles. The minimum absolute atomic E-state index is 0.00979. The zero-order valence-corrected chi connectivity index (χ0v) is 11.1. The molecule has 2 fully saturated rings. The number of nitrogens with one attached hydrogen (secondary N) is 1. The van der Waals surface area contributed by atoms with Gasteiger partial charge in [0, 0.05) is 19.6 Å². The molecule has 1 saturated heterocycles. The van der Waals surface area contributed by atoms with Crippen molar-refractivity contribution in [1.82, 2.24) is 5.32 Å². The highest BCUT2D eigenvalue weighted by atomic mass is 16.5. The Bertz CT molecular complexity index is 454. The van der Waals surface area contributed by atoms with E-state index in [0.29, 0.717) is 13.0 Å². The Labute approximate surface area is 116 Å². The highest BCUT2D eigenvalue weighted by molar-refractivity contribution is 5.86. The number of hydrogen-bond acceptors (Lipinski definition) is 4. The Morgan fingerprint density at radius 3 is 2.60 bits per heavy atom. The molecule has 1 heterocycles. The number of carbonyl (C=O) groups is 2. The summed E-state index contributed by atoms with van der Waals surface area (Å²) in [5.41, 5.74) is -1.01. The van der Waals surface area contributed by atoms with Crippen LogP contribution in [0, 0.1) is 23.7 Å². The molecular weight excluding hydrogens is 262 g/mol. The second-order valence-electron chi connectivity index (χ2n) is 6.08. The molecule has 5 atom stereocenters. The highest BCUT2D eigenvalue weighted by Gasteiger charge is 2.51. The molecule has 6 nitrogen and oxygen atoms in total. The first-order chi connectivity index (χ1) is 9.50. The number of hydrogen-bond donors (Lipinski definition) is 3. The molecule has 0 spiro atoms. The number of aliphatic carboxylic acids is 1. The number of aliphatic hydroxyl groups is 1. The van der Waals surface area contributed by atoms with Gasteiger partial charge in [-0.15, -0.1) is 0 Å². The van der Waals surface area contributed by atoms with Gasteiger partial charge in [0.2, 0.25) is 5.91 Å². The van der Waals surface area contributed by atoms with E-state index in [9.17, 15) is 19.8 Å². The first kappa shape index (κ1) is 13.6. The van der Waals surface area contributed by atoms with E-state index in [4.69, 9.17) is 4.74 Å². The van der Waals surface area contributed by atoms with Gasteiger partial charge in [0.25, 0.3) is 0 Å². The molecule has 5 unspecified atom stereocenters. The number of carboxylic acid groups (broad SMARTS) is 1. The van der Waals surface area contributed by atoms with Crippen LogP contribution < -0.4 is 5.32 Å². The van der Waals surface area contributed by atoms with Crippen LogP contribution in [0.3, 0.4) is 0 Å². The van der Waals surface area contributed by atoms with Crippen LogP contribution in [0.25, 0.3) is 0 Å². The van der Waals surface area contributed by atoms with Crippen LogP contribution in [0.2, 0.25) is 0 Å². The molecule has 0 radical (unpaired) electrons. The molecule has 1 aliphatic heterocycles. The van der Waals surface area contributed by atoms with Gasteiger partial charge in [-0.25, -0.2) is 0 Å². The number of carbonyl (C=O) groups excluding carboxylic acids is 1. The van der Waals surface area contributed by atoms with Gasteiger partial charge in [-0.3, -0.25) is 9.59 Å². The topological polar surface area (TPSA) is 95.9 Å². The van der Waals surface area contributed by atoms with Crippen molar-refractivity contribution in [1.29, 1.82) is 0 Å². The minimum atomic E-state index is -1.01. The third-order valence-corrected chi connectivity index (χ3v) is 4.72. The molecule has 0 aromatic carbocycles. The number of rotatable bonds is 4. The van der Waals surface area contributed by atoms with Gasteiger partial charge >= 0.3 is 5.97 Å². The van der Waals surface area contributed by atoms with Gasteiger partial charge in [0.1, 0.15) is 5.60 Å². The summed E-state index contributed by atoms with van der Waals surface area (Å²) in [6.45, 7) is 0.822. The Balaban J connectivity index is 1.64. The molecule has 0 aromatic rings. The summed E-state index contributed by atoms with van der Waals surface area (Å²) in [4.78, 5) is 23.6. The molecule has 1 saturated carbocycles. The summed E-state index contributed by atoms with van der Waals surface area (Å²) in [5.74, 6) is -2.37. The van der Waals surface area contributed by atoms with Gasteiger partial charge in [-0.2, -0.15) is 0 Å². The zero-order chi connectivity index (χ0) is 14.3. The van der Waals surface area contributed by atoms with E-state index in [1.54, 1.807) is 0 Å².